The second-order valence-corrected chi connectivity index (χ2v) is 8.28. The highest BCUT2D eigenvalue weighted by Gasteiger charge is 2.58. The predicted octanol–water partition coefficient (Wildman–Crippen LogP) is 3.26. The van der Waals surface area contributed by atoms with Gasteiger partial charge in [0.25, 0.3) is 0 Å². The van der Waals surface area contributed by atoms with Crippen LogP contribution >= 0.6 is 35.7 Å². The Morgan fingerprint density at radius 2 is 1.91 bits per heavy atom. The van der Waals surface area contributed by atoms with Gasteiger partial charge in [0.2, 0.25) is 0 Å². The van der Waals surface area contributed by atoms with Crippen molar-refractivity contribution >= 4 is 41.7 Å². The van der Waals surface area contributed by atoms with Crippen molar-refractivity contribution in [2.75, 3.05) is 20.4 Å². The van der Waals surface area contributed by atoms with Gasteiger partial charge in [-0.25, -0.2) is 0 Å². The molecule has 2 rings (SSSR count). The van der Waals surface area contributed by atoms with Crippen LogP contribution in [0.25, 0.3) is 0 Å². The van der Waals surface area contributed by atoms with Crippen molar-refractivity contribution in [1.29, 1.82) is 0 Å². The predicted molar refractivity (Wildman–Crippen MR) is 108 cm³/mol. The molecule has 130 valence electrons. The van der Waals surface area contributed by atoms with Crippen LogP contribution in [-0.4, -0.2) is 49.3 Å². The van der Waals surface area contributed by atoms with Gasteiger partial charge in [-0.05, 0) is 38.9 Å². The molecular weight excluding hydrogens is 409 g/mol. The van der Waals surface area contributed by atoms with Gasteiger partial charge in [0.15, 0.2) is 5.96 Å². The normalized spacial score (nSPS) is 37.2. The third-order valence-electron chi connectivity index (χ3n) is 5.87. The van der Waals surface area contributed by atoms with E-state index in [1.54, 1.807) is 0 Å². The lowest BCUT2D eigenvalue weighted by Gasteiger charge is -2.59. The summed E-state index contributed by atoms with van der Waals surface area (Å²) < 4.78 is 5.69. The Hall–Kier alpha value is 0.310. The van der Waals surface area contributed by atoms with Gasteiger partial charge in [0.1, 0.15) is 0 Å². The van der Waals surface area contributed by atoms with Crippen LogP contribution in [0.1, 0.15) is 46.5 Å². The van der Waals surface area contributed by atoms with Gasteiger partial charge in [-0.15, -0.1) is 24.0 Å². The maximum Gasteiger partial charge on any atom is 0.191 e. The molecule has 0 aromatic carbocycles. The fraction of sp³-hybridized carbons (Fsp3) is 0.938. The second-order valence-electron chi connectivity index (χ2n) is 7.14. The fourth-order valence-electron chi connectivity index (χ4n) is 3.54. The maximum absolute atomic E-state index is 5.69. The van der Waals surface area contributed by atoms with Crippen molar-refractivity contribution in [2.45, 2.75) is 69.4 Å². The summed E-state index contributed by atoms with van der Waals surface area (Å²) in [5.41, 5.74) is 0.0671. The highest BCUT2D eigenvalue weighted by molar-refractivity contribution is 14.0. The molecule has 4 atom stereocenters. The number of guanidine groups is 1. The van der Waals surface area contributed by atoms with Crippen molar-refractivity contribution in [1.82, 2.24) is 10.6 Å². The molecule has 22 heavy (non-hydrogen) atoms. The van der Waals surface area contributed by atoms with E-state index in [-0.39, 0.29) is 35.0 Å². The van der Waals surface area contributed by atoms with Crippen molar-refractivity contribution in [3.63, 3.8) is 0 Å². The Morgan fingerprint density at radius 3 is 2.36 bits per heavy atom. The standard InChI is InChI=1S/C16H31N3OS.HI/c1-15(2)13(10-16(15,3)20-5)19-14(17-4)18-11-7-8-12(9-11)21-6;/h11-13H,7-10H2,1-6H3,(H2,17,18,19);1H. The van der Waals surface area contributed by atoms with Crippen LogP contribution in [0, 0.1) is 5.41 Å². The quantitative estimate of drug-likeness (QED) is 0.400. The van der Waals surface area contributed by atoms with E-state index in [1.165, 1.54) is 19.3 Å². The number of hydrogen-bond donors (Lipinski definition) is 2. The molecule has 0 aromatic heterocycles. The van der Waals surface area contributed by atoms with E-state index in [2.05, 4.69) is 42.7 Å². The van der Waals surface area contributed by atoms with Crippen LogP contribution in [0.2, 0.25) is 0 Å². The molecule has 4 nitrogen and oxygen atoms in total. The van der Waals surface area contributed by atoms with E-state index >= 15 is 0 Å². The SMILES string of the molecule is CN=C(NC1CCC(SC)C1)NC1CC(C)(OC)C1(C)C.I. The lowest BCUT2D eigenvalue weighted by atomic mass is 9.56. The van der Waals surface area contributed by atoms with E-state index in [0.717, 1.165) is 17.6 Å². The lowest BCUT2D eigenvalue weighted by Crippen LogP contribution is -2.69. The molecule has 0 spiro atoms. The Bertz CT molecular complexity index is 405. The van der Waals surface area contributed by atoms with Crippen molar-refractivity contribution in [3.8, 4) is 0 Å². The summed E-state index contributed by atoms with van der Waals surface area (Å²) in [6.07, 6.45) is 7.03. The first-order valence-corrected chi connectivity index (χ1v) is 9.23. The van der Waals surface area contributed by atoms with Crippen LogP contribution in [0.5, 0.6) is 0 Å². The average molecular weight is 441 g/mol. The van der Waals surface area contributed by atoms with Crippen LogP contribution in [0.3, 0.4) is 0 Å². The summed E-state index contributed by atoms with van der Waals surface area (Å²) in [6.45, 7) is 6.73. The number of nitrogens with zero attached hydrogens (tertiary/aromatic N) is 1. The van der Waals surface area contributed by atoms with Crippen LogP contribution in [-0.2, 0) is 4.74 Å². The molecule has 2 fully saturated rings. The van der Waals surface area contributed by atoms with Gasteiger partial charge < -0.3 is 15.4 Å². The molecule has 0 bridgehead atoms. The molecule has 0 amide bonds. The maximum atomic E-state index is 5.69. The molecule has 0 saturated heterocycles. The monoisotopic (exact) mass is 441 g/mol. The summed E-state index contributed by atoms with van der Waals surface area (Å²) in [6, 6.07) is 0.969. The largest absolute Gasteiger partial charge is 0.378 e. The molecular formula is C16H32IN3OS. The number of aliphatic imine (C=N–C) groups is 1. The lowest BCUT2D eigenvalue weighted by molar-refractivity contribution is -0.176. The summed E-state index contributed by atoms with van der Waals surface area (Å²) in [5, 5.41) is 7.99. The minimum atomic E-state index is -0.0409. The van der Waals surface area contributed by atoms with Crippen molar-refractivity contribution in [2.24, 2.45) is 10.4 Å². The molecule has 2 aliphatic rings. The number of halogens is 1. The van der Waals surface area contributed by atoms with E-state index < -0.39 is 0 Å². The number of nitrogens with one attached hydrogen (secondary N) is 2. The minimum Gasteiger partial charge on any atom is -0.378 e. The van der Waals surface area contributed by atoms with Gasteiger partial charge >= 0.3 is 0 Å². The minimum absolute atomic E-state index is 0. The van der Waals surface area contributed by atoms with Crippen molar-refractivity contribution in [3.05, 3.63) is 0 Å². The first-order chi connectivity index (χ1) is 9.86. The zero-order valence-electron chi connectivity index (χ0n) is 14.7. The van der Waals surface area contributed by atoms with Gasteiger partial charge in [0.05, 0.1) is 5.60 Å². The molecule has 0 aliphatic heterocycles. The summed E-state index contributed by atoms with van der Waals surface area (Å²) in [4.78, 5) is 4.41. The highest BCUT2D eigenvalue weighted by Crippen LogP contribution is 2.51. The van der Waals surface area contributed by atoms with Crippen LogP contribution in [0.15, 0.2) is 4.99 Å². The molecule has 0 aromatic rings. The molecule has 4 unspecified atom stereocenters. The molecule has 6 heteroatoms. The van der Waals surface area contributed by atoms with Gasteiger partial charge in [-0.1, -0.05) is 13.8 Å². The summed E-state index contributed by atoms with van der Waals surface area (Å²) in [7, 11) is 3.67. The molecule has 0 radical (unpaired) electrons. The number of thioether (sulfide) groups is 1. The number of rotatable bonds is 4. The van der Waals surface area contributed by atoms with E-state index in [1.807, 2.05) is 25.9 Å². The summed E-state index contributed by atoms with van der Waals surface area (Å²) in [5.74, 6) is 0.943. The van der Waals surface area contributed by atoms with E-state index in [0.29, 0.717) is 12.1 Å². The van der Waals surface area contributed by atoms with Gasteiger partial charge in [0, 0.05) is 36.9 Å². The van der Waals surface area contributed by atoms with E-state index in [9.17, 15) is 0 Å². The summed E-state index contributed by atoms with van der Waals surface area (Å²) >= 11 is 1.99. The topological polar surface area (TPSA) is 45.7 Å². The van der Waals surface area contributed by atoms with Crippen molar-refractivity contribution < 1.29 is 4.74 Å². The van der Waals surface area contributed by atoms with Crippen LogP contribution < -0.4 is 10.6 Å². The molecule has 2 saturated carbocycles. The zero-order chi connectivity index (χ0) is 15.7. The fourth-order valence-corrected chi connectivity index (χ4v) is 4.33. The van der Waals surface area contributed by atoms with Gasteiger partial charge in [-0.3, -0.25) is 4.99 Å². The zero-order valence-corrected chi connectivity index (χ0v) is 17.9. The highest BCUT2D eigenvalue weighted by atomic mass is 127. The third kappa shape index (κ3) is 3.86. The van der Waals surface area contributed by atoms with E-state index in [4.69, 9.17) is 4.74 Å². The molecule has 0 heterocycles. The Kier molecular flexibility index (Phi) is 7.33. The third-order valence-corrected chi connectivity index (χ3v) is 6.97. The Balaban J connectivity index is 0.00000242. The number of hydrogen-bond acceptors (Lipinski definition) is 3. The smallest absolute Gasteiger partial charge is 0.191 e. The first-order valence-electron chi connectivity index (χ1n) is 7.94. The average Bonchev–Trinajstić information content (AvgIpc) is 2.93. The Morgan fingerprint density at radius 1 is 1.23 bits per heavy atom. The van der Waals surface area contributed by atoms with Crippen LogP contribution in [0.4, 0.5) is 0 Å². The molecule has 2 N–H and O–H groups in total. The molecule has 2 aliphatic carbocycles. The second kappa shape index (κ2) is 7.92. The Labute approximate surface area is 157 Å². The number of methoxy groups -OCH3 is 1. The first kappa shape index (κ1) is 20.4. The number of ether oxygens (including phenoxy) is 1. The van der Waals surface area contributed by atoms with Gasteiger partial charge in [-0.2, -0.15) is 11.8 Å².